The number of amides is 1. The number of benzene rings is 2. The summed E-state index contributed by atoms with van der Waals surface area (Å²) in [7, 11) is 0. The number of hydrogen-bond donors (Lipinski definition) is 1. The van der Waals surface area contributed by atoms with Gasteiger partial charge in [0, 0.05) is 30.8 Å². The number of ether oxygens (including phenoxy) is 1. The van der Waals surface area contributed by atoms with Crippen molar-refractivity contribution in [2.75, 3.05) is 19.6 Å². The molecule has 0 atom stereocenters. The van der Waals surface area contributed by atoms with Crippen molar-refractivity contribution in [1.82, 2.24) is 4.90 Å². The van der Waals surface area contributed by atoms with E-state index >= 15 is 0 Å². The maximum atomic E-state index is 13.8. The van der Waals surface area contributed by atoms with Crippen LogP contribution in [0.1, 0.15) is 66.8 Å². The van der Waals surface area contributed by atoms with Crippen LogP contribution in [-0.2, 0) is 0 Å². The topological polar surface area (TPSA) is 55.6 Å². The molecular formula is C26H31F3N2O2. The first-order valence-electron chi connectivity index (χ1n) is 11.8. The number of carbonyl (C=O) groups excluding carboxylic acids is 1. The highest BCUT2D eigenvalue weighted by Gasteiger charge is 2.26. The Kier molecular flexibility index (Phi) is 7.58. The lowest BCUT2D eigenvalue weighted by Gasteiger charge is -2.34. The highest BCUT2D eigenvalue weighted by Crippen LogP contribution is 2.37. The summed E-state index contributed by atoms with van der Waals surface area (Å²) in [5, 5.41) is 0. The Morgan fingerprint density at radius 2 is 1.64 bits per heavy atom. The number of primary amides is 1. The molecule has 178 valence electrons. The van der Waals surface area contributed by atoms with E-state index in [1.165, 1.54) is 18.4 Å². The molecule has 4 rings (SSSR count). The van der Waals surface area contributed by atoms with Crippen LogP contribution in [0.4, 0.5) is 13.2 Å². The van der Waals surface area contributed by atoms with Gasteiger partial charge >= 0.3 is 0 Å². The molecule has 2 aromatic rings. The Morgan fingerprint density at radius 3 is 2.27 bits per heavy atom. The number of hydrogen-bond acceptors (Lipinski definition) is 3. The molecule has 1 saturated heterocycles. The number of piperidine rings is 1. The van der Waals surface area contributed by atoms with Gasteiger partial charge in [0.05, 0.1) is 0 Å². The summed E-state index contributed by atoms with van der Waals surface area (Å²) in [5.74, 6) is -2.61. The zero-order chi connectivity index (χ0) is 23.4. The Labute approximate surface area is 192 Å². The van der Waals surface area contributed by atoms with Gasteiger partial charge in [0.25, 0.3) is 0 Å². The molecule has 2 fully saturated rings. The third kappa shape index (κ3) is 6.08. The molecule has 0 spiro atoms. The van der Waals surface area contributed by atoms with Gasteiger partial charge in [0.15, 0.2) is 17.4 Å². The van der Waals surface area contributed by atoms with E-state index in [0.717, 1.165) is 38.9 Å². The fraction of sp³-hybridized carbons (Fsp3) is 0.500. The molecule has 33 heavy (non-hydrogen) atoms. The molecule has 0 bridgehead atoms. The SMILES string of the molecule is NC(=O)c1cccc(C2CCC(CCN3CCC(Oc4c(F)cc(F)cc4F)CC3)CC2)c1. The number of halogens is 3. The van der Waals surface area contributed by atoms with Crippen molar-refractivity contribution in [3.8, 4) is 5.75 Å². The lowest BCUT2D eigenvalue weighted by Crippen LogP contribution is -2.39. The lowest BCUT2D eigenvalue weighted by molar-refractivity contribution is 0.0886. The first-order valence-corrected chi connectivity index (χ1v) is 11.8. The van der Waals surface area contributed by atoms with Crippen LogP contribution in [0.3, 0.4) is 0 Å². The van der Waals surface area contributed by atoms with E-state index in [1.807, 2.05) is 12.1 Å². The van der Waals surface area contributed by atoms with Gasteiger partial charge in [-0.2, -0.15) is 0 Å². The van der Waals surface area contributed by atoms with E-state index in [9.17, 15) is 18.0 Å². The third-order valence-corrected chi connectivity index (χ3v) is 7.13. The Morgan fingerprint density at radius 1 is 0.970 bits per heavy atom. The van der Waals surface area contributed by atoms with Crippen molar-refractivity contribution in [1.29, 1.82) is 0 Å². The highest BCUT2D eigenvalue weighted by atomic mass is 19.1. The summed E-state index contributed by atoms with van der Waals surface area (Å²) in [5.41, 5.74) is 7.20. The van der Waals surface area contributed by atoms with E-state index in [4.69, 9.17) is 10.5 Å². The maximum absolute atomic E-state index is 13.8. The van der Waals surface area contributed by atoms with Crippen LogP contribution in [0, 0.1) is 23.4 Å². The summed E-state index contributed by atoms with van der Waals surface area (Å²) >= 11 is 0. The molecule has 1 amide bonds. The van der Waals surface area contributed by atoms with Crippen molar-refractivity contribution in [3.63, 3.8) is 0 Å². The van der Waals surface area contributed by atoms with Crippen LogP contribution in [0.25, 0.3) is 0 Å². The molecule has 7 heteroatoms. The zero-order valence-electron chi connectivity index (χ0n) is 18.7. The minimum Gasteiger partial charge on any atom is -0.484 e. The number of rotatable bonds is 7. The van der Waals surface area contributed by atoms with Crippen molar-refractivity contribution in [2.24, 2.45) is 11.7 Å². The number of nitrogens with zero attached hydrogens (tertiary/aromatic N) is 1. The fourth-order valence-corrected chi connectivity index (χ4v) is 5.15. The summed E-state index contributed by atoms with van der Waals surface area (Å²) in [6.45, 7) is 2.66. The molecule has 2 N–H and O–H groups in total. The van der Waals surface area contributed by atoms with E-state index in [2.05, 4.69) is 11.0 Å². The number of nitrogens with two attached hydrogens (primary N) is 1. The van der Waals surface area contributed by atoms with E-state index in [1.54, 1.807) is 6.07 Å². The Bertz CT molecular complexity index is 945. The standard InChI is InChI=1S/C26H31F3N2O2/c27-21-15-23(28)25(24(29)16-21)33-22-9-12-31(13-10-22)11-8-17-4-6-18(7-5-17)19-2-1-3-20(14-19)26(30)32/h1-3,14-18,22H,4-13H2,(H2,30,32). The molecule has 0 radical (unpaired) electrons. The van der Waals surface area contributed by atoms with Crippen molar-refractivity contribution in [3.05, 3.63) is 65.0 Å². The summed E-state index contributed by atoms with van der Waals surface area (Å²) in [6.07, 6.45) is 6.86. The molecule has 1 heterocycles. The molecule has 2 aromatic carbocycles. The van der Waals surface area contributed by atoms with Crippen molar-refractivity contribution < 1.29 is 22.7 Å². The smallest absolute Gasteiger partial charge is 0.248 e. The quantitative estimate of drug-likeness (QED) is 0.601. The minimum absolute atomic E-state index is 0.262. The van der Waals surface area contributed by atoms with Crippen molar-refractivity contribution in [2.45, 2.75) is 57.0 Å². The van der Waals surface area contributed by atoms with Crippen molar-refractivity contribution >= 4 is 5.91 Å². The molecule has 0 unspecified atom stereocenters. The van der Waals surface area contributed by atoms with Crippen LogP contribution in [0.2, 0.25) is 0 Å². The second-order valence-corrected chi connectivity index (χ2v) is 9.35. The maximum Gasteiger partial charge on any atom is 0.248 e. The van der Waals surface area contributed by atoms with Gasteiger partial charge in [0.1, 0.15) is 11.9 Å². The van der Waals surface area contributed by atoms with Gasteiger partial charge in [-0.3, -0.25) is 4.79 Å². The summed E-state index contributed by atoms with van der Waals surface area (Å²) in [6, 6.07) is 9.00. The van der Waals surface area contributed by atoms with Gasteiger partial charge in [-0.15, -0.1) is 0 Å². The van der Waals surface area contributed by atoms with Gasteiger partial charge in [-0.25, -0.2) is 13.2 Å². The second kappa shape index (κ2) is 10.6. The van der Waals surface area contributed by atoms with Crippen LogP contribution in [0.5, 0.6) is 5.75 Å². The third-order valence-electron chi connectivity index (χ3n) is 7.13. The first-order chi connectivity index (χ1) is 15.9. The second-order valence-electron chi connectivity index (χ2n) is 9.35. The number of carbonyl (C=O) groups is 1. The van der Waals surface area contributed by atoms with Crippen LogP contribution < -0.4 is 10.5 Å². The van der Waals surface area contributed by atoms with Gasteiger partial charge < -0.3 is 15.4 Å². The molecule has 0 aromatic heterocycles. The molecular weight excluding hydrogens is 429 g/mol. The van der Waals surface area contributed by atoms with E-state index in [-0.39, 0.29) is 12.0 Å². The van der Waals surface area contributed by atoms with Crippen LogP contribution in [-0.4, -0.2) is 36.5 Å². The molecule has 4 nitrogen and oxygen atoms in total. The van der Waals surface area contributed by atoms with Gasteiger partial charge in [0.2, 0.25) is 5.91 Å². The Hall–Kier alpha value is -2.54. The zero-order valence-corrected chi connectivity index (χ0v) is 18.7. The number of likely N-dealkylation sites (tertiary alicyclic amines) is 1. The monoisotopic (exact) mass is 460 g/mol. The fourth-order valence-electron chi connectivity index (χ4n) is 5.15. The predicted octanol–water partition coefficient (Wildman–Crippen LogP) is 5.41. The lowest BCUT2D eigenvalue weighted by atomic mass is 9.77. The van der Waals surface area contributed by atoms with E-state index in [0.29, 0.717) is 42.4 Å². The first kappa shape index (κ1) is 23.6. The molecule has 1 aliphatic carbocycles. The van der Waals surface area contributed by atoms with Gasteiger partial charge in [-0.1, -0.05) is 12.1 Å². The predicted molar refractivity (Wildman–Crippen MR) is 121 cm³/mol. The van der Waals surface area contributed by atoms with Crippen LogP contribution in [0.15, 0.2) is 36.4 Å². The molecule has 1 aliphatic heterocycles. The summed E-state index contributed by atoms with van der Waals surface area (Å²) in [4.78, 5) is 13.8. The normalized spacial score (nSPS) is 22.3. The summed E-state index contributed by atoms with van der Waals surface area (Å²) < 4.78 is 46.2. The van der Waals surface area contributed by atoms with Gasteiger partial charge in [-0.05, 0) is 81.0 Å². The molecule has 1 saturated carbocycles. The Balaban J connectivity index is 1.18. The average Bonchev–Trinajstić information content (AvgIpc) is 2.81. The largest absolute Gasteiger partial charge is 0.484 e. The molecule has 2 aliphatic rings. The van der Waals surface area contributed by atoms with Crippen LogP contribution >= 0.6 is 0 Å². The average molecular weight is 461 g/mol. The minimum atomic E-state index is -0.994. The van der Waals surface area contributed by atoms with E-state index < -0.39 is 23.2 Å². The highest BCUT2D eigenvalue weighted by molar-refractivity contribution is 5.92.